The van der Waals surface area contributed by atoms with E-state index in [1.54, 1.807) is 95.9 Å². The molecule has 2 fully saturated rings. The number of carbonyl (C=O) groups excluding carboxylic acids is 2. The minimum Gasteiger partial charge on any atom is -0.348 e. The molecule has 19 heteroatoms. The molecule has 0 saturated carbocycles. The summed E-state index contributed by atoms with van der Waals surface area (Å²) in [6.45, 7) is 3.64. The summed E-state index contributed by atoms with van der Waals surface area (Å²) in [6, 6.07) is 18.2. The fourth-order valence-electron chi connectivity index (χ4n) is 6.30. The molecule has 2 saturated heterocycles. The molecule has 4 aromatic heterocycles. The van der Waals surface area contributed by atoms with E-state index in [0.717, 1.165) is 22.2 Å². The highest BCUT2D eigenvalue weighted by Crippen LogP contribution is 2.21. The number of pyridine rings is 2. The number of carbonyl (C=O) groups is 2. The second-order valence-electron chi connectivity index (χ2n) is 13.4. The van der Waals surface area contributed by atoms with E-state index >= 15 is 0 Å². The van der Waals surface area contributed by atoms with Gasteiger partial charge in [-0.1, -0.05) is 24.3 Å². The first-order valence-electron chi connectivity index (χ1n) is 17.9. The number of fused-ring (bicyclic) bond motifs is 2. The van der Waals surface area contributed by atoms with E-state index in [9.17, 15) is 26.4 Å². The van der Waals surface area contributed by atoms with Crippen LogP contribution in [0.15, 0.2) is 108 Å². The minimum atomic E-state index is -3.53. The SMILES string of the molecule is NC1CCN(S(=O)(=O)c2ccc(CNC(=O)c3cnc4[nH]ncc4c3)cc2)C1.O=C(NCc1ccc(S(=O)(=O)N2CCNCC2)cc1)c1ccc2nccn2c1. The van der Waals surface area contributed by atoms with Gasteiger partial charge in [0.05, 0.1) is 27.1 Å². The van der Waals surface area contributed by atoms with Crippen molar-refractivity contribution < 1.29 is 26.4 Å². The van der Waals surface area contributed by atoms with Gasteiger partial charge in [0.15, 0.2) is 5.65 Å². The van der Waals surface area contributed by atoms with E-state index in [1.807, 2.05) is 0 Å². The number of aromatic nitrogens is 5. The molecule has 2 aliphatic rings. The van der Waals surface area contributed by atoms with E-state index in [-0.39, 0.29) is 34.2 Å². The number of sulfonamides is 2. The van der Waals surface area contributed by atoms with E-state index in [0.29, 0.717) is 69.0 Å². The standard InChI is InChI=1S/C19H21N5O3S.C18H20N6O3S/c25-19(16-3-6-18-21-9-10-23(18)14-16)22-13-15-1-4-17(5-2-15)28(26,27)24-11-7-20-8-12-24;19-15-5-6-24(11-15)28(26,27)16-3-1-12(2-4-16)8-21-18(25)14-7-13-10-22-23-17(13)20-9-14/h1-6,9-10,14,20H,7-8,11-13H2,(H,22,25);1-4,7,9-10,15H,5-6,8,11,19H2,(H,21,25)(H,20,22,23). The van der Waals surface area contributed by atoms with Crippen LogP contribution in [0.5, 0.6) is 0 Å². The van der Waals surface area contributed by atoms with Crippen molar-refractivity contribution in [3.63, 3.8) is 0 Å². The molecule has 0 spiro atoms. The normalized spacial score (nSPS) is 16.7. The molecule has 292 valence electrons. The van der Waals surface area contributed by atoms with Crippen LogP contribution in [0.25, 0.3) is 16.7 Å². The second kappa shape index (κ2) is 16.7. The monoisotopic (exact) mass is 799 g/mol. The lowest BCUT2D eigenvalue weighted by atomic mass is 10.2. The van der Waals surface area contributed by atoms with Crippen LogP contribution in [0.4, 0.5) is 0 Å². The summed E-state index contributed by atoms with van der Waals surface area (Å²) in [4.78, 5) is 33.5. The molecule has 6 N–H and O–H groups in total. The Kier molecular flexibility index (Phi) is 11.5. The van der Waals surface area contributed by atoms with Crippen LogP contribution in [-0.4, -0.2) is 107 Å². The van der Waals surface area contributed by atoms with Gasteiger partial charge in [-0.3, -0.25) is 14.7 Å². The molecule has 0 radical (unpaired) electrons. The third-order valence-corrected chi connectivity index (χ3v) is 13.3. The number of amides is 2. The molecular formula is C37H41N11O6S2. The smallest absolute Gasteiger partial charge is 0.253 e. The number of benzene rings is 2. The van der Waals surface area contributed by atoms with Gasteiger partial charge in [0.25, 0.3) is 11.8 Å². The Morgan fingerprint density at radius 2 is 1.39 bits per heavy atom. The fraction of sp³-hybridized carbons (Fsp3) is 0.270. The Balaban J connectivity index is 0.000000172. The molecule has 6 aromatic rings. The van der Waals surface area contributed by atoms with Gasteiger partial charge >= 0.3 is 0 Å². The van der Waals surface area contributed by atoms with E-state index in [1.165, 1.54) is 14.8 Å². The third kappa shape index (κ3) is 8.77. The van der Waals surface area contributed by atoms with Crippen LogP contribution in [-0.2, 0) is 33.1 Å². The van der Waals surface area contributed by atoms with Crippen molar-refractivity contribution in [1.29, 1.82) is 0 Å². The van der Waals surface area contributed by atoms with E-state index in [2.05, 4.69) is 36.1 Å². The van der Waals surface area contributed by atoms with E-state index in [4.69, 9.17) is 5.73 Å². The summed E-state index contributed by atoms with van der Waals surface area (Å²) in [5.74, 6) is -0.466. The largest absolute Gasteiger partial charge is 0.348 e. The van der Waals surface area contributed by atoms with Crippen molar-refractivity contribution in [2.75, 3.05) is 39.3 Å². The molecule has 2 aliphatic heterocycles. The Morgan fingerprint density at radius 1 is 0.768 bits per heavy atom. The zero-order valence-electron chi connectivity index (χ0n) is 30.2. The van der Waals surface area contributed by atoms with Crippen molar-refractivity contribution in [3.05, 3.63) is 120 Å². The predicted octanol–water partition coefficient (Wildman–Crippen LogP) is 1.47. The Labute approximate surface area is 323 Å². The van der Waals surface area contributed by atoms with Crippen LogP contribution >= 0.6 is 0 Å². The first-order chi connectivity index (χ1) is 27.0. The van der Waals surface area contributed by atoms with Crippen molar-refractivity contribution in [3.8, 4) is 0 Å². The zero-order valence-corrected chi connectivity index (χ0v) is 31.8. The number of nitrogens with one attached hydrogen (secondary N) is 4. The minimum absolute atomic E-state index is 0.111. The number of nitrogens with two attached hydrogens (primary N) is 1. The van der Waals surface area contributed by atoms with Crippen LogP contribution in [0, 0.1) is 0 Å². The average molecular weight is 800 g/mol. The summed E-state index contributed by atoms with van der Waals surface area (Å²) in [7, 11) is -7.00. The maximum Gasteiger partial charge on any atom is 0.253 e. The average Bonchev–Trinajstić information content (AvgIpc) is 4.01. The van der Waals surface area contributed by atoms with Crippen LogP contribution < -0.4 is 21.7 Å². The van der Waals surface area contributed by atoms with Gasteiger partial charge in [-0.15, -0.1) is 0 Å². The Bertz CT molecular complexity index is 2390. The molecule has 1 unspecified atom stereocenters. The van der Waals surface area contributed by atoms with E-state index < -0.39 is 20.0 Å². The summed E-state index contributed by atoms with van der Waals surface area (Å²) < 4.78 is 55.2. The summed E-state index contributed by atoms with van der Waals surface area (Å²) in [5, 5.41) is 16.2. The molecule has 0 bridgehead atoms. The lowest BCUT2D eigenvalue weighted by Gasteiger charge is -2.26. The number of rotatable bonds is 10. The highest BCUT2D eigenvalue weighted by Gasteiger charge is 2.31. The first kappa shape index (κ1) is 38.7. The predicted molar refractivity (Wildman–Crippen MR) is 207 cm³/mol. The van der Waals surface area contributed by atoms with Crippen molar-refractivity contribution in [1.82, 2.24) is 49.1 Å². The van der Waals surface area contributed by atoms with Gasteiger partial charge in [-0.25, -0.2) is 26.8 Å². The summed E-state index contributed by atoms with van der Waals surface area (Å²) in [5.41, 5.74) is 9.79. The van der Waals surface area contributed by atoms with Gasteiger partial charge in [0.1, 0.15) is 5.65 Å². The maximum atomic E-state index is 12.7. The number of H-pyrrole nitrogens is 1. The van der Waals surface area contributed by atoms with Gasteiger partial charge in [-0.05, 0) is 60.0 Å². The molecule has 17 nitrogen and oxygen atoms in total. The fourth-order valence-corrected chi connectivity index (χ4v) is 9.25. The van der Waals surface area contributed by atoms with Crippen molar-refractivity contribution in [2.24, 2.45) is 5.73 Å². The van der Waals surface area contributed by atoms with Crippen LogP contribution in [0.1, 0.15) is 38.3 Å². The maximum absolute atomic E-state index is 12.7. The Hall–Kier alpha value is -5.57. The summed E-state index contributed by atoms with van der Waals surface area (Å²) >= 11 is 0. The van der Waals surface area contributed by atoms with Gasteiger partial charge in [0, 0.05) is 88.6 Å². The molecule has 8 rings (SSSR count). The number of aromatic amines is 1. The van der Waals surface area contributed by atoms with Crippen molar-refractivity contribution >= 4 is 48.5 Å². The quantitative estimate of drug-likeness (QED) is 0.133. The lowest BCUT2D eigenvalue weighted by molar-refractivity contribution is 0.0942. The first-order valence-corrected chi connectivity index (χ1v) is 20.8. The Morgan fingerprint density at radius 3 is 2.02 bits per heavy atom. The molecule has 56 heavy (non-hydrogen) atoms. The second-order valence-corrected chi connectivity index (χ2v) is 17.2. The van der Waals surface area contributed by atoms with Gasteiger partial charge in [0.2, 0.25) is 20.0 Å². The molecule has 6 heterocycles. The number of piperazine rings is 1. The van der Waals surface area contributed by atoms with Gasteiger partial charge < -0.3 is 26.1 Å². The van der Waals surface area contributed by atoms with Gasteiger partial charge in [-0.2, -0.15) is 13.7 Å². The molecular weight excluding hydrogens is 759 g/mol. The number of imidazole rings is 1. The topological polar surface area (TPSA) is 230 Å². The highest BCUT2D eigenvalue weighted by atomic mass is 32.2. The molecule has 1 atom stereocenters. The number of nitrogens with zero attached hydrogens (tertiary/aromatic N) is 6. The number of hydrogen-bond acceptors (Lipinski definition) is 11. The molecule has 0 aliphatic carbocycles. The lowest BCUT2D eigenvalue weighted by Crippen LogP contribution is -2.46. The zero-order chi connectivity index (χ0) is 39.3. The van der Waals surface area contributed by atoms with Crippen LogP contribution in [0.2, 0.25) is 0 Å². The molecule has 2 amide bonds. The molecule has 2 aromatic carbocycles. The third-order valence-electron chi connectivity index (χ3n) is 9.50. The van der Waals surface area contributed by atoms with Crippen LogP contribution in [0.3, 0.4) is 0 Å². The van der Waals surface area contributed by atoms with Crippen molar-refractivity contribution in [2.45, 2.75) is 35.3 Å². The highest BCUT2D eigenvalue weighted by molar-refractivity contribution is 7.89. The summed E-state index contributed by atoms with van der Waals surface area (Å²) in [6.07, 6.45) is 8.93. The number of hydrogen-bond donors (Lipinski definition) is 5.